The Morgan fingerprint density at radius 2 is 1.62 bits per heavy atom. The lowest BCUT2D eigenvalue weighted by Gasteiger charge is -2.11. The third-order valence-electron chi connectivity index (χ3n) is 3.73. The minimum absolute atomic E-state index is 0.494. The van der Waals surface area contributed by atoms with E-state index < -0.39 is 0 Å². The quantitative estimate of drug-likeness (QED) is 0.656. The van der Waals surface area contributed by atoms with E-state index >= 15 is 0 Å². The van der Waals surface area contributed by atoms with Gasteiger partial charge in [0.1, 0.15) is 12.4 Å². The van der Waals surface area contributed by atoms with Gasteiger partial charge < -0.3 is 14.2 Å². The molecular weight excluding hydrogens is 300 g/mol. The second-order valence-corrected chi connectivity index (χ2v) is 5.28. The number of methoxy groups -OCH3 is 2. The Morgan fingerprint density at radius 1 is 0.833 bits per heavy atom. The molecule has 0 N–H and O–H groups in total. The molecule has 3 nitrogen and oxygen atoms in total. The Hall–Kier alpha value is -2.94. The number of rotatable bonds is 6. The van der Waals surface area contributed by atoms with Crippen LogP contribution in [-0.4, -0.2) is 14.2 Å². The average Bonchev–Trinajstić information content (AvgIpc) is 2.67. The summed E-state index contributed by atoms with van der Waals surface area (Å²) in [4.78, 5) is 0. The molecule has 0 spiro atoms. The fraction of sp³-hybridized carbons (Fsp3) is 0.143. The second-order valence-electron chi connectivity index (χ2n) is 5.28. The fourth-order valence-electron chi connectivity index (χ4n) is 2.43. The Bertz CT molecular complexity index is 780. The van der Waals surface area contributed by atoms with E-state index in [1.54, 1.807) is 14.2 Å². The van der Waals surface area contributed by atoms with Crippen LogP contribution < -0.4 is 14.2 Å². The van der Waals surface area contributed by atoms with Crippen molar-refractivity contribution in [3.63, 3.8) is 0 Å². The third-order valence-corrected chi connectivity index (χ3v) is 3.73. The van der Waals surface area contributed by atoms with Crippen LogP contribution in [0.5, 0.6) is 17.2 Å². The SMILES string of the molecule is COc1ccc(OCc2ccc(-c3[c]cccc3)cc2)cc1OC. The summed E-state index contributed by atoms with van der Waals surface area (Å²) in [5, 5.41) is 0. The molecule has 0 aliphatic heterocycles. The number of benzene rings is 3. The van der Waals surface area contributed by atoms with Gasteiger partial charge in [-0.3, -0.25) is 0 Å². The zero-order chi connectivity index (χ0) is 16.8. The summed E-state index contributed by atoms with van der Waals surface area (Å²) in [5.41, 5.74) is 3.33. The first-order valence-electron chi connectivity index (χ1n) is 7.71. The first-order chi connectivity index (χ1) is 11.8. The van der Waals surface area contributed by atoms with Crippen LogP contribution in [-0.2, 0) is 6.61 Å². The van der Waals surface area contributed by atoms with Crippen molar-refractivity contribution in [2.75, 3.05) is 14.2 Å². The summed E-state index contributed by atoms with van der Waals surface area (Å²) in [6.45, 7) is 0.494. The van der Waals surface area contributed by atoms with Crippen LogP contribution in [0.3, 0.4) is 0 Å². The number of hydrogen-bond donors (Lipinski definition) is 0. The van der Waals surface area contributed by atoms with Gasteiger partial charge in [0.15, 0.2) is 11.5 Å². The third kappa shape index (κ3) is 3.69. The molecule has 0 fully saturated rings. The normalized spacial score (nSPS) is 10.2. The molecule has 0 atom stereocenters. The van der Waals surface area contributed by atoms with Gasteiger partial charge in [0, 0.05) is 6.07 Å². The maximum absolute atomic E-state index is 5.84. The molecule has 0 aliphatic rings. The van der Waals surface area contributed by atoms with E-state index in [2.05, 4.69) is 36.4 Å². The van der Waals surface area contributed by atoms with Gasteiger partial charge in [0.25, 0.3) is 0 Å². The van der Waals surface area contributed by atoms with Crippen molar-refractivity contribution in [3.8, 4) is 28.4 Å². The van der Waals surface area contributed by atoms with Crippen LogP contribution in [0, 0.1) is 6.07 Å². The smallest absolute Gasteiger partial charge is 0.164 e. The van der Waals surface area contributed by atoms with Crippen molar-refractivity contribution < 1.29 is 14.2 Å². The molecule has 0 aromatic heterocycles. The lowest BCUT2D eigenvalue weighted by atomic mass is 10.0. The lowest BCUT2D eigenvalue weighted by Crippen LogP contribution is -1.97. The average molecular weight is 319 g/mol. The van der Waals surface area contributed by atoms with Gasteiger partial charge in [-0.2, -0.15) is 0 Å². The molecule has 0 saturated carbocycles. The summed E-state index contributed by atoms with van der Waals surface area (Å²) in [7, 11) is 3.23. The predicted octanol–water partition coefficient (Wildman–Crippen LogP) is 4.75. The largest absolute Gasteiger partial charge is 0.493 e. The van der Waals surface area contributed by atoms with E-state index in [9.17, 15) is 0 Å². The number of ether oxygens (including phenoxy) is 3. The Morgan fingerprint density at radius 3 is 2.29 bits per heavy atom. The van der Waals surface area contributed by atoms with Gasteiger partial charge in [-0.15, -0.1) is 0 Å². The van der Waals surface area contributed by atoms with Gasteiger partial charge >= 0.3 is 0 Å². The highest BCUT2D eigenvalue weighted by atomic mass is 16.5. The fourth-order valence-corrected chi connectivity index (χ4v) is 2.43. The highest BCUT2D eigenvalue weighted by molar-refractivity contribution is 5.62. The Kier molecular flexibility index (Phi) is 5.02. The van der Waals surface area contributed by atoms with Crippen molar-refractivity contribution in [3.05, 3.63) is 78.4 Å². The van der Waals surface area contributed by atoms with E-state index in [-0.39, 0.29) is 0 Å². The van der Waals surface area contributed by atoms with Gasteiger partial charge in [-0.25, -0.2) is 0 Å². The standard InChI is InChI=1S/C21H19O3/c1-22-20-13-12-19(14-21(20)23-2)24-15-16-8-10-18(11-9-16)17-6-4-3-5-7-17/h3-6,8-14H,15H2,1-2H3. The van der Waals surface area contributed by atoms with Gasteiger partial charge in [-0.1, -0.05) is 48.5 Å². The molecule has 0 heterocycles. The summed E-state index contributed by atoms with van der Waals surface area (Å²) in [5.74, 6) is 2.09. The minimum atomic E-state index is 0.494. The molecule has 0 amide bonds. The molecule has 3 aromatic carbocycles. The van der Waals surface area contributed by atoms with E-state index in [0.29, 0.717) is 18.1 Å². The van der Waals surface area contributed by atoms with Crippen molar-refractivity contribution in [2.45, 2.75) is 6.61 Å². The lowest BCUT2D eigenvalue weighted by molar-refractivity contribution is 0.300. The predicted molar refractivity (Wildman–Crippen MR) is 94.6 cm³/mol. The minimum Gasteiger partial charge on any atom is -0.493 e. The van der Waals surface area contributed by atoms with Crippen LogP contribution in [0.1, 0.15) is 5.56 Å². The monoisotopic (exact) mass is 319 g/mol. The topological polar surface area (TPSA) is 27.7 Å². The Balaban J connectivity index is 1.67. The molecule has 3 rings (SSSR count). The van der Waals surface area contributed by atoms with E-state index in [1.165, 1.54) is 0 Å². The molecule has 0 aliphatic carbocycles. The molecule has 121 valence electrons. The van der Waals surface area contributed by atoms with Crippen LogP contribution in [0.2, 0.25) is 0 Å². The zero-order valence-corrected chi connectivity index (χ0v) is 13.8. The number of hydrogen-bond acceptors (Lipinski definition) is 3. The first-order valence-corrected chi connectivity index (χ1v) is 7.71. The van der Waals surface area contributed by atoms with Crippen LogP contribution in [0.4, 0.5) is 0 Å². The maximum atomic E-state index is 5.84. The summed E-state index contributed by atoms with van der Waals surface area (Å²) in [6, 6.07) is 25.0. The van der Waals surface area contributed by atoms with Crippen molar-refractivity contribution in [2.24, 2.45) is 0 Å². The van der Waals surface area contributed by atoms with Gasteiger partial charge in [-0.05, 0) is 34.9 Å². The van der Waals surface area contributed by atoms with Crippen LogP contribution in [0.15, 0.2) is 66.7 Å². The zero-order valence-electron chi connectivity index (χ0n) is 13.8. The van der Waals surface area contributed by atoms with E-state index in [4.69, 9.17) is 14.2 Å². The van der Waals surface area contributed by atoms with Crippen LogP contribution in [0.25, 0.3) is 11.1 Å². The molecule has 0 saturated heterocycles. The molecule has 3 heteroatoms. The second kappa shape index (κ2) is 7.55. The highest BCUT2D eigenvalue weighted by Gasteiger charge is 2.05. The highest BCUT2D eigenvalue weighted by Crippen LogP contribution is 2.31. The van der Waals surface area contributed by atoms with Gasteiger partial charge in [0.05, 0.1) is 14.2 Å². The molecule has 24 heavy (non-hydrogen) atoms. The summed E-state index contributed by atoms with van der Waals surface area (Å²) in [6.07, 6.45) is 0. The molecular formula is C21H19O3. The molecule has 0 unspecified atom stereocenters. The summed E-state index contributed by atoms with van der Waals surface area (Å²) >= 11 is 0. The van der Waals surface area contributed by atoms with Crippen molar-refractivity contribution >= 4 is 0 Å². The Labute approximate surface area is 142 Å². The molecule has 1 radical (unpaired) electrons. The summed E-state index contributed by atoms with van der Waals surface area (Å²) < 4.78 is 16.3. The maximum Gasteiger partial charge on any atom is 0.164 e. The van der Waals surface area contributed by atoms with Crippen molar-refractivity contribution in [1.29, 1.82) is 0 Å². The van der Waals surface area contributed by atoms with Crippen molar-refractivity contribution in [1.82, 2.24) is 0 Å². The van der Waals surface area contributed by atoms with Gasteiger partial charge in [0.2, 0.25) is 0 Å². The molecule has 0 bridgehead atoms. The van der Waals surface area contributed by atoms with E-state index in [0.717, 1.165) is 22.4 Å². The van der Waals surface area contributed by atoms with E-state index in [1.807, 2.05) is 36.4 Å². The molecule has 3 aromatic rings. The van der Waals surface area contributed by atoms with Crippen LogP contribution >= 0.6 is 0 Å². The first kappa shape index (κ1) is 15.9.